The highest BCUT2D eigenvalue weighted by Gasteiger charge is 2.53. The van der Waals surface area contributed by atoms with Crippen LogP contribution in [0.3, 0.4) is 0 Å². The van der Waals surface area contributed by atoms with Crippen molar-refractivity contribution >= 4 is 63.9 Å². The Morgan fingerprint density at radius 2 is 1.09 bits per heavy atom. The number of fused-ring (bicyclic) bond motifs is 2. The number of hydrogen-bond donors (Lipinski definition) is 0. The molecule has 10 nitrogen and oxygen atoms in total. The molecule has 0 spiro atoms. The van der Waals surface area contributed by atoms with Gasteiger partial charge in [-0.15, -0.1) is 22.7 Å². The Kier molecular flexibility index (Phi) is 16.7. The van der Waals surface area contributed by atoms with Crippen molar-refractivity contribution in [3.63, 3.8) is 0 Å². The molecule has 2 amide bonds. The van der Waals surface area contributed by atoms with Gasteiger partial charge in [0.25, 0.3) is 0 Å². The van der Waals surface area contributed by atoms with Gasteiger partial charge in [-0.3, -0.25) is 9.59 Å². The summed E-state index contributed by atoms with van der Waals surface area (Å²) in [5, 5.41) is 0. The quantitative estimate of drug-likeness (QED) is 0.220. The van der Waals surface area contributed by atoms with Crippen LogP contribution in [0.5, 0.6) is 0 Å². The number of nitrogens with zero attached hydrogens (tertiary/aromatic N) is 2. The van der Waals surface area contributed by atoms with Gasteiger partial charge in [-0.05, 0) is 184 Å². The summed E-state index contributed by atoms with van der Waals surface area (Å²) in [5.41, 5.74) is 5.43. The third-order valence-corrected chi connectivity index (χ3v) is 16.3. The molecular weight excluding hydrogens is 844 g/mol. The summed E-state index contributed by atoms with van der Waals surface area (Å²) in [6.45, 7) is 33.2. The first-order chi connectivity index (χ1) is 29.8. The molecule has 7 rings (SSSR count). The van der Waals surface area contributed by atoms with E-state index in [1.54, 1.807) is 11.3 Å². The summed E-state index contributed by atoms with van der Waals surface area (Å²) in [7, 11) is -0.344. The minimum absolute atomic E-state index is 0.172. The summed E-state index contributed by atoms with van der Waals surface area (Å²) < 4.78 is 24.2. The van der Waals surface area contributed by atoms with Crippen molar-refractivity contribution in [3.8, 4) is 0 Å². The van der Waals surface area contributed by atoms with Crippen LogP contribution in [0.15, 0.2) is 17.7 Å². The highest BCUT2D eigenvalue weighted by molar-refractivity contribution is 7.23. The molecule has 354 valence electrons. The minimum atomic E-state index is -0.456. The summed E-state index contributed by atoms with van der Waals surface area (Å²) in [6.07, 6.45) is 13.3. The number of ketones is 2. The molecule has 64 heavy (non-hydrogen) atoms. The maximum atomic E-state index is 12.4. The first kappa shape index (κ1) is 51.7. The monoisotopic (exact) mass is 921 g/mol. The lowest BCUT2D eigenvalue weighted by molar-refractivity contribution is 0.00578. The zero-order valence-electron chi connectivity index (χ0n) is 41.8. The van der Waals surface area contributed by atoms with Gasteiger partial charge in [0.05, 0.1) is 11.2 Å². The fraction of sp³-hybridized carbons (Fsp3) is 0.686. The second-order valence-corrected chi connectivity index (χ2v) is 23.4. The number of Topliss-reactive ketones (excluding diaryl/α,β-unsaturated/α-hetero) is 2. The number of likely N-dealkylation sites (tertiary alicyclic amines) is 2. The van der Waals surface area contributed by atoms with Gasteiger partial charge in [-0.1, -0.05) is 17.7 Å². The number of carbonyl (C=O) groups excluding carboxylic acids is 4. The van der Waals surface area contributed by atoms with Crippen LogP contribution in [-0.4, -0.2) is 89.3 Å². The number of ether oxygens (including phenoxy) is 2. The van der Waals surface area contributed by atoms with Crippen molar-refractivity contribution in [2.75, 3.05) is 26.2 Å². The Morgan fingerprint density at radius 1 is 0.672 bits per heavy atom. The van der Waals surface area contributed by atoms with Gasteiger partial charge < -0.3 is 28.6 Å². The largest absolute Gasteiger partial charge is 0.505 e. The van der Waals surface area contributed by atoms with E-state index >= 15 is 0 Å². The van der Waals surface area contributed by atoms with Crippen molar-refractivity contribution in [3.05, 3.63) is 54.6 Å². The molecule has 3 fully saturated rings. The average molecular weight is 921 g/mol. The molecule has 0 aromatic carbocycles. The van der Waals surface area contributed by atoms with Crippen LogP contribution in [0, 0.1) is 25.7 Å². The minimum Gasteiger partial charge on any atom is -0.444 e. The van der Waals surface area contributed by atoms with Gasteiger partial charge in [0.15, 0.2) is 11.6 Å². The van der Waals surface area contributed by atoms with Gasteiger partial charge in [-0.2, -0.15) is 0 Å². The van der Waals surface area contributed by atoms with E-state index in [1.807, 2.05) is 69.6 Å². The van der Waals surface area contributed by atoms with Crippen LogP contribution in [0.4, 0.5) is 9.59 Å². The summed E-state index contributed by atoms with van der Waals surface area (Å²) in [4.78, 5) is 56.1. The van der Waals surface area contributed by atoms with Crippen molar-refractivity contribution in [2.24, 2.45) is 11.8 Å². The molecule has 2 aromatic heterocycles. The maximum Gasteiger partial charge on any atom is 0.505 e. The number of carbonyl (C=O) groups is 4. The van der Waals surface area contributed by atoms with Crippen LogP contribution < -0.4 is 4.78 Å². The Balaban J connectivity index is 0.000000186. The zero-order chi connectivity index (χ0) is 47.5. The van der Waals surface area contributed by atoms with Gasteiger partial charge in [0.2, 0.25) is 0 Å². The predicted molar refractivity (Wildman–Crippen MR) is 263 cm³/mol. The van der Waals surface area contributed by atoms with Crippen LogP contribution in [0.25, 0.3) is 5.57 Å². The third-order valence-electron chi connectivity index (χ3n) is 13.5. The number of allylic oxidation sites excluding steroid dienone is 4. The lowest BCUT2D eigenvalue weighted by Gasteiger charge is -2.34. The molecule has 2 aliphatic carbocycles. The average Bonchev–Trinajstić information content (AvgIpc) is 3.81. The van der Waals surface area contributed by atoms with Gasteiger partial charge in [0, 0.05) is 69.6 Å². The maximum absolute atomic E-state index is 12.4. The Morgan fingerprint density at radius 3 is 1.48 bits per heavy atom. The third kappa shape index (κ3) is 12.4. The van der Waals surface area contributed by atoms with E-state index in [0.29, 0.717) is 30.5 Å². The van der Waals surface area contributed by atoms with Crippen LogP contribution in [0.1, 0.15) is 188 Å². The van der Waals surface area contributed by atoms with E-state index in [0.717, 1.165) is 99.0 Å². The second kappa shape index (κ2) is 20.7. The van der Waals surface area contributed by atoms with Crippen molar-refractivity contribution in [1.82, 2.24) is 9.80 Å². The fourth-order valence-electron chi connectivity index (χ4n) is 9.10. The molecule has 3 saturated heterocycles. The summed E-state index contributed by atoms with van der Waals surface area (Å²) in [6, 6.07) is 0. The lowest BCUT2D eigenvalue weighted by Crippen LogP contribution is -2.41. The SMILES string of the molecule is C/C=C(\C)C1CCN(C(=O)OC(C)(C)C)CC1.C/C=C(\c1sc2c(c1C)C(=O)CCC2)C1CCN(C(=O)OC(C)(C)C)CC1.Cc1c(B2OC(C)(C)C(C)(C)O2)sc2c1C(=O)CCC2. The van der Waals surface area contributed by atoms with E-state index in [4.69, 9.17) is 18.8 Å². The highest BCUT2D eigenvalue weighted by Crippen LogP contribution is 2.43. The van der Waals surface area contributed by atoms with Gasteiger partial charge in [-0.25, -0.2) is 9.59 Å². The van der Waals surface area contributed by atoms with Crippen LogP contribution in [0.2, 0.25) is 0 Å². The Labute approximate surface area is 393 Å². The van der Waals surface area contributed by atoms with Gasteiger partial charge in [0.1, 0.15) is 11.2 Å². The molecule has 5 heterocycles. The standard InChI is InChI=1S/C22H31NO3S.C15H21BO3S.C14H25NO2/c1-6-16(20-14(2)19-17(24)8-7-9-18(19)27-20)15-10-12-23(13-11-15)21(25)26-22(3,4)5;1-9-12-10(17)7-6-8-11(12)20-13(9)16-18-14(2,3)15(4,5)19-16;1-6-11(2)12-7-9-15(10-8-12)13(16)17-14(3,4)5/h6,15H,7-13H2,1-5H3;6-8H2,1-5H3;6,12H,7-10H2,1-5H3/b16-6-;;11-6+. The number of hydrogen-bond acceptors (Lipinski definition) is 10. The van der Waals surface area contributed by atoms with Crippen LogP contribution >= 0.6 is 22.7 Å². The molecule has 0 radical (unpaired) electrons. The van der Waals surface area contributed by atoms with E-state index < -0.39 is 11.2 Å². The van der Waals surface area contributed by atoms with Gasteiger partial charge >= 0.3 is 19.3 Å². The van der Waals surface area contributed by atoms with E-state index in [9.17, 15) is 19.2 Å². The number of rotatable bonds is 4. The molecule has 3 aliphatic heterocycles. The summed E-state index contributed by atoms with van der Waals surface area (Å²) in [5.74, 6) is 1.66. The second-order valence-electron chi connectivity index (χ2n) is 21.1. The van der Waals surface area contributed by atoms with Crippen molar-refractivity contribution < 1.29 is 38.0 Å². The molecule has 5 aliphatic rings. The smallest absolute Gasteiger partial charge is 0.444 e. The number of piperidine rings is 2. The normalized spacial score (nSPS) is 20.8. The van der Waals surface area contributed by atoms with Crippen molar-refractivity contribution in [1.29, 1.82) is 0 Å². The zero-order valence-corrected chi connectivity index (χ0v) is 43.4. The number of thiophene rings is 2. The topological polar surface area (TPSA) is 112 Å². The molecule has 0 bridgehead atoms. The Bertz CT molecular complexity index is 2070. The molecule has 2 aromatic rings. The number of aryl methyl sites for hydroxylation is 2. The molecule has 0 saturated carbocycles. The first-order valence-electron chi connectivity index (χ1n) is 23.7. The lowest BCUT2D eigenvalue weighted by atomic mass is 9.82. The molecule has 0 N–H and O–H groups in total. The molecule has 0 unspecified atom stereocenters. The Hall–Kier alpha value is -3.26. The fourth-order valence-corrected chi connectivity index (χ4v) is 11.9. The highest BCUT2D eigenvalue weighted by atomic mass is 32.1. The summed E-state index contributed by atoms with van der Waals surface area (Å²) >= 11 is 3.51. The first-order valence-corrected chi connectivity index (χ1v) is 25.3. The molecule has 0 atom stereocenters. The number of amides is 2. The van der Waals surface area contributed by atoms with Crippen molar-refractivity contribution in [2.45, 2.75) is 190 Å². The van der Waals surface area contributed by atoms with E-state index in [2.05, 4.69) is 67.5 Å². The van der Waals surface area contributed by atoms with E-state index in [-0.39, 0.29) is 36.3 Å². The molecular formula is C51H77BN2O8S2. The van der Waals surface area contributed by atoms with Crippen LogP contribution in [-0.2, 0) is 31.6 Å². The van der Waals surface area contributed by atoms with E-state index in [1.165, 1.54) is 31.3 Å². The predicted octanol–water partition coefficient (Wildman–Crippen LogP) is 12.1. The molecule has 13 heteroatoms.